The predicted molar refractivity (Wildman–Crippen MR) is 127 cm³/mol. The molecule has 7 heteroatoms. The van der Waals surface area contributed by atoms with Gasteiger partial charge in [0, 0.05) is 0 Å². The van der Waals surface area contributed by atoms with Crippen LogP contribution in [0.25, 0.3) is 6.08 Å². The van der Waals surface area contributed by atoms with Crippen LogP contribution >= 0.6 is 12.2 Å². The van der Waals surface area contributed by atoms with Crippen LogP contribution in [-0.4, -0.2) is 24.0 Å². The van der Waals surface area contributed by atoms with Gasteiger partial charge in [0.05, 0.1) is 12.8 Å². The van der Waals surface area contributed by atoms with E-state index in [2.05, 4.69) is 5.32 Å². The van der Waals surface area contributed by atoms with Crippen molar-refractivity contribution in [1.29, 1.82) is 0 Å². The molecule has 1 fully saturated rings. The Balaban J connectivity index is 1.61. The molecule has 2 amide bonds. The van der Waals surface area contributed by atoms with Crippen molar-refractivity contribution in [3.05, 3.63) is 89.5 Å². The number of amides is 2. The first-order chi connectivity index (χ1) is 15.5. The first kappa shape index (κ1) is 21.3. The fraction of sp³-hybridized carbons (Fsp3) is 0.0800. The predicted octanol–water partition coefficient (Wildman–Crippen LogP) is 4.63. The van der Waals surface area contributed by atoms with Gasteiger partial charge in [-0.3, -0.25) is 19.8 Å². The number of anilines is 1. The van der Waals surface area contributed by atoms with E-state index in [4.69, 9.17) is 21.7 Å². The van der Waals surface area contributed by atoms with E-state index in [0.29, 0.717) is 22.9 Å². The first-order valence-electron chi connectivity index (χ1n) is 9.85. The molecule has 1 saturated heterocycles. The highest BCUT2D eigenvalue weighted by Crippen LogP contribution is 2.27. The molecule has 1 heterocycles. The number of hydrogen-bond donors (Lipinski definition) is 1. The molecule has 6 nitrogen and oxygen atoms in total. The molecule has 160 valence electrons. The van der Waals surface area contributed by atoms with Crippen LogP contribution in [0.1, 0.15) is 11.1 Å². The lowest BCUT2D eigenvalue weighted by Crippen LogP contribution is -2.54. The van der Waals surface area contributed by atoms with E-state index in [-0.39, 0.29) is 10.7 Å². The smallest absolute Gasteiger partial charge is 0.270 e. The van der Waals surface area contributed by atoms with Crippen molar-refractivity contribution in [2.75, 3.05) is 12.0 Å². The van der Waals surface area contributed by atoms with E-state index >= 15 is 0 Å². The summed E-state index contributed by atoms with van der Waals surface area (Å²) in [6.07, 6.45) is 1.56. The number of nitrogens with zero attached hydrogens (tertiary/aromatic N) is 1. The lowest BCUT2D eigenvalue weighted by molar-refractivity contribution is -0.122. The number of carbonyl (C=O) groups is 2. The lowest BCUT2D eigenvalue weighted by atomic mass is 10.0. The van der Waals surface area contributed by atoms with Gasteiger partial charge in [0.15, 0.2) is 5.11 Å². The Morgan fingerprint density at radius 2 is 1.56 bits per heavy atom. The number of rotatable bonds is 5. The fourth-order valence-corrected chi connectivity index (χ4v) is 3.55. The number of hydrogen-bond acceptors (Lipinski definition) is 5. The van der Waals surface area contributed by atoms with Crippen LogP contribution in [-0.2, 0) is 9.59 Å². The van der Waals surface area contributed by atoms with Gasteiger partial charge in [-0.25, -0.2) is 0 Å². The average molecular weight is 445 g/mol. The van der Waals surface area contributed by atoms with Crippen LogP contribution in [0.15, 0.2) is 78.4 Å². The zero-order valence-corrected chi connectivity index (χ0v) is 18.3. The van der Waals surface area contributed by atoms with Crippen LogP contribution in [0.5, 0.6) is 17.2 Å². The molecule has 0 spiro atoms. The average Bonchev–Trinajstić information content (AvgIpc) is 2.79. The Morgan fingerprint density at radius 3 is 2.22 bits per heavy atom. The van der Waals surface area contributed by atoms with Gasteiger partial charge in [-0.05, 0) is 84.9 Å². The molecule has 0 aromatic heterocycles. The molecule has 1 aliphatic heterocycles. The van der Waals surface area contributed by atoms with Crippen LogP contribution in [0.4, 0.5) is 5.69 Å². The Labute approximate surface area is 191 Å². The summed E-state index contributed by atoms with van der Waals surface area (Å²) in [6.45, 7) is 1.88. The third-order valence-electron chi connectivity index (χ3n) is 4.95. The SMILES string of the molecule is COc1ccc(/C=C2\C(=O)NC(=S)N(c3ccc(Oc4ccccc4)cc3)C2=O)c(C)c1. The maximum absolute atomic E-state index is 13.2. The summed E-state index contributed by atoms with van der Waals surface area (Å²) in [6, 6.07) is 21.7. The van der Waals surface area contributed by atoms with Crippen LogP contribution in [0, 0.1) is 6.92 Å². The number of methoxy groups -OCH3 is 1. The summed E-state index contributed by atoms with van der Waals surface area (Å²) >= 11 is 5.28. The fourth-order valence-electron chi connectivity index (χ4n) is 3.27. The monoisotopic (exact) mass is 444 g/mol. The number of carbonyl (C=O) groups excluding carboxylic acids is 2. The van der Waals surface area contributed by atoms with Crippen molar-refractivity contribution in [2.24, 2.45) is 0 Å². The molecule has 0 unspecified atom stereocenters. The Morgan fingerprint density at radius 1 is 0.906 bits per heavy atom. The molecule has 1 N–H and O–H groups in total. The molecule has 1 aliphatic rings. The van der Waals surface area contributed by atoms with Crippen molar-refractivity contribution in [2.45, 2.75) is 6.92 Å². The summed E-state index contributed by atoms with van der Waals surface area (Å²) < 4.78 is 11.0. The highest BCUT2D eigenvalue weighted by molar-refractivity contribution is 7.80. The van der Waals surface area contributed by atoms with Crippen molar-refractivity contribution < 1.29 is 19.1 Å². The van der Waals surface area contributed by atoms with E-state index < -0.39 is 11.8 Å². The Kier molecular flexibility index (Phi) is 6.00. The Bertz CT molecular complexity index is 1220. The van der Waals surface area contributed by atoms with E-state index in [0.717, 1.165) is 11.1 Å². The number of ether oxygens (including phenoxy) is 2. The van der Waals surface area contributed by atoms with E-state index in [1.807, 2.05) is 43.3 Å². The summed E-state index contributed by atoms with van der Waals surface area (Å²) in [5.74, 6) is 0.993. The normalized spacial score (nSPS) is 15.0. The first-order valence-corrected chi connectivity index (χ1v) is 10.3. The van der Waals surface area contributed by atoms with E-state index in [9.17, 15) is 9.59 Å². The topological polar surface area (TPSA) is 67.9 Å². The second-order valence-electron chi connectivity index (χ2n) is 7.09. The summed E-state index contributed by atoms with van der Waals surface area (Å²) in [5.41, 5.74) is 2.14. The van der Waals surface area contributed by atoms with Gasteiger partial charge in [0.25, 0.3) is 11.8 Å². The minimum absolute atomic E-state index is 0.00326. The largest absolute Gasteiger partial charge is 0.497 e. The second kappa shape index (κ2) is 9.03. The minimum atomic E-state index is -0.532. The minimum Gasteiger partial charge on any atom is -0.497 e. The molecule has 4 rings (SSSR count). The van der Waals surface area contributed by atoms with Gasteiger partial charge < -0.3 is 9.47 Å². The molecule has 0 atom stereocenters. The lowest BCUT2D eigenvalue weighted by Gasteiger charge is -2.29. The zero-order chi connectivity index (χ0) is 22.7. The highest BCUT2D eigenvalue weighted by Gasteiger charge is 2.34. The quantitative estimate of drug-likeness (QED) is 0.353. The number of benzene rings is 3. The van der Waals surface area contributed by atoms with Gasteiger partial charge in [0.1, 0.15) is 22.8 Å². The van der Waals surface area contributed by atoms with Gasteiger partial charge in [-0.1, -0.05) is 24.3 Å². The maximum Gasteiger partial charge on any atom is 0.270 e. The standard InChI is InChI=1S/C25H20N2O4S/c1-16-14-21(30-2)11-8-17(16)15-22-23(28)26-25(32)27(24(22)29)18-9-12-20(13-10-18)31-19-6-4-3-5-7-19/h3-15H,1-2H3,(H,26,28,32)/b22-15+. The molecule has 0 saturated carbocycles. The molecule has 0 bridgehead atoms. The molecule has 3 aromatic rings. The third kappa shape index (κ3) is 4.38. The third-order valence-corrected chi connectivity index (χ3v) is 5.24. The van der Waals surface area contributed by atoms with Gasteiger partial charge in [0.2, 0.25) is 0 Å². The number of para-hydroxylation sites is 1. The van der Waals surface area contributed by atoms with Crippen molar-refractivity contribution >= 4 is 40.9 Å². The van der Waals surface area contributed by atoms with E-state index in [1.165, 1.54) is 4.90 Å². The summed E-state index contributed by atoms with van der Waals surface area (Å²) in [5, 5.41) is 2.63. The van der Waals surface area contributed by atoms with Crippen molar-refractivity contribution in [3.63, 3.8) is 0 Å². The van der Waals surface area contributed by atoms with Crippen molar-refractivity contribution in [1.82, 2.24) is 5.32 Å². The van der Waals surface area contributed by atoms with Crippen LogP contribution < -0.4 is 19.7 Å². The number of thiocarbonyl (C=S) groups is 1. The molecule has 3 aromatic carbocycles. The highest BCUT2D eigenvalue weighted by atomic mass is 32.1. The zero-order valence-electron chi connectivity index (χ0n) is 17.5. The molecule has 0 aliphatic carbocycles. The molecule has 0 radical (unpaired) electrons. The van der Waals surface area contributed by atoms with Crippen molar-refractivity contribution in [3.8, 4) is 17.2 Å². The number of aryl methyl sites for hydroxylation is 1. The summed E-state index contributed by atoms with van der Waals surface area (Å²) in [4.78, 5) is 27.0. The second-order valence-corrected chi connectivity index (χ2v) is 7.48. The summed E-state index contributed by atoms with van der Waals surface area (Å²) in [7, 11) is 1.58. The van der Waals surface area contributed by atoms with Gasteiger partial charge in [-0.2, -0.15) is 0 Å². The number of nitrogens with one attached hydrogen (secondary N) is 1. The molecular formula is C25H20N2O4S. The molecular weight excluding hydrogens is 424 g/mol. The molecule has 32 heavy (non-hydrogen) atoms. The van der Waals surface area contributed by atoms with Crippen LogP contribution in [0.2, 0.25) is 0 Å². The maximum atomic E-state index is 13.2. The van der Waals surface area contributed by atoms with Crippen LogP contribution in [0.3, 0.4) is 0 Å². The van der Waals surface area contributed by atoms with Gasteiger partial charge in [-0.15, -0.1) is 0 Å². The van der Waals surface area contributed by atoms with Gasteiger partial charge >= 0.3 is 0 Å². The Hall–Kier alpha value is -3.97. The van der Waals surface area contributed by atoms with E-state index in [1.54, 1.807) is 49.6 Å².